The summed E-state index contributed by atoms with van der Waals surface area (Å²) in [5.74, 6) is 1.57. The maximum Gasteiger partial charge on any atom is 0.338 e. The van der Waals surface area contributed by atoms with Crippen LogP contribution in [0.15, 0.2) is 70.1 Å². The molecule has 1 aliphatic rings. The fraction of sp³-hybridized carbons (Fsp3) is 0.276. The topological polar surface area (TPSA) is 97.6 Å². The van der Waals surface area contributed by atoms with Gasteiger partial charge in [0.25, 0.3) is 5.56 Å². The number of aromatic nitrogens is 1. The van der Waals surface area contributed by atoms with Crippen molar-refractivity contribution in [3.63, 3.8) is 0 Å². The number of nitrogens with zero attached hydrogens (tertiary/aromatic N) is 2. The minimum Gasteiger partial charge on any atom is -0.493 e. The first-order valence-corrected chi connectivity index (χ1v) is 13.0. The van der Waals surface area contributed by atoms with Gasteiger partial charge in [0.1, 0.15) is 6.61 Å². The van der Waals surface area contributed by atoms with Crippen molar-refractivity contribution in [1.29, 1.82) is 0 Å². The third-order valence-electron chi connectivity index (χ3n) is 6.08. The zero-order valence-corrected chi connectivity index (χ0v) is 23.3. The van der Waals surface area contributed by atoms with Gasteiger partial charge in [-0.1, -0.05) is 36.1 Å². The molecule has 0 amide bonds. The Bertz CT molecular complexity index is 1620. The van der Waals surface area contributed by atoms with Crippen molar-refractivity contribution in [3.8, 4) is 23.0 Å². The van der Waals surface area contributed by atoms with Gasteiger partial charge in [0.2, 0.25) is 0 Å². The van der Waals surface area contributed by atoms with Crippen LogP contribution in [0.1, 0.15) is 31.0 Å². The second-order valence-electron chi connectivity index (χ2n) is 8.43. The summed E-state index contributed by atoms with van der Waals surface area (Å²) in [5, 5.41) is 0. The second kappa shape index (κ2) is 12.0. The molecule has 0 aliphatic carbocycles. The highest BCUT2D eigenvalue weighted by Gasteiger charge is 2.34. The van der Waals surface area contributed by atoms with E-state index >= 15 is 0 Å². The van der Waals surface area contributed by atoms with E-state index in [1.165, 1.54) is 23.0 Å². The molecule has 204 valence electrons. The van der Waals surface area contributed by atoms with E-state index in [-0.39, 0.29) is 17.7 Å². The second-order valence-corrected chi connectivity index (χ2v) is 9.44. The maximum atomic E-state index is 13.9. The minimum absolute atomic E-state index is 0.188. The molecular weight excluding hydrogens is 520 g/mol. The average Bonchev–Trinajstić information content (AvgIpc) is 3.24. The van der Waals surface area contributed by atoms with Crippen LogP contribution in [0.25, 0.3) is 6.08 Å². The number of esters is 1. The average molecular weight is 551 g/mol. The van der Waals surface area contributed by atoms with Crippen LogP contribution in [0.2, 0.25) is 0 Å². The van der Waals surface area contributed by atoms with E-state index in [0.717, 1.165) is 5.56 Å². The van der Waals surface area contributed by atoms with Crippen LogP contribution in [0.5, 0.6) is 23.0 Å². The van der Waals surface area contributed by atoms with Crippen molar-refractivity contribution in [2.24, 2.45) is 4.99 Å². The Labute approximate surface area is 229 Å². The molecule has 0 bridgehead atoms. The van der Waals surface area contributed by atoms with Crippen LogP contribution in [0.3, 0.4) is 0 Å². The lowest BCUT2D eigenvalue weighted by atomic mass is 9.95. The van der Waals surface area contributed by atoms with Gasteiger partial charge in [0.15, 0.2) is 27.8 Å². The van der Waals surface area contributed by atoms with Gasteiger partial charge in [-0.2, -0.15) is 0 Å². The van der Waals surface area contributed by atoms with E-state index in [4.69, 9.17) is 23.7 Å². The van der Waals surface area contributed by atoms with E-state index in [1.54, 1.807) is 70.6 Å². The predicted molar refractivity (Wildman–Crippen MR) is 149 cm³/mol. The van der Waals surface area contributed by atoms with Crippen LogP contribution in [0, 0.1) is 0 Å². The molecule has 0 fully saturated rings. The summed E-state index contributed by atoms with van der Waals surface area (Å²) < 4.78 is 29.3. The summed E-state index contributed by atoms with van der Waals surface area (Å²) in [7, 11) is 4.63. The minimum atomic E-state index is -0.772. The molecule has 1 atom stereocenters. The quantitative estimate of drug-likeness (QED) is 0.282. The van der Waals surface area contributed by atoms with Crippen LogP contribution < -0.4 is 33.8 Å². The third kappa shape index (κ3) is 5.46. The molecule has 4 rings (SSSR count). The number of rotatable bonds is 10. The van der Waals surface area contributed by atoms with E-state index in [2.05, 4.69) is 11.6 Å². The maximum absolute atomic E-state index is 13.9. The Hall–Kier alpha value is -4.31. The standard InChI is InChI=1S/C29H30N2O7S/c1-7-13-38-21-11-9-18(14-22(21)35-5)15-24-27(32)31-26(19-10-12-20(34-4)23(16-19)36-6)25(28(33)37-8-2)17(3)30-29(31)39-24/h7,9-12,14-16,26H,1,8,13H2,2-6H3/b24-15-/t26-/m1/s1. The summed E-state index contributed by atoms with van der Waals surface area (Å²) in [6.07, 6.45) is 3.41. The fourth-order valence-electron chi connectivity index (χ4n) is 4.32. The number of fused-ring (bicyclic) bond motifs is 1. The number of carbonyl (C=O) groups excluding carboxylic acids is 1. The molecule has 0 N–H and O–H groups in total. The third-order valence-corrected chi connectivity index (χ3v) is 7.07. The SMILES string of the molecule is C=CCOc1ccc(/C=c2\sc3n(c2=O)[C@H](c2ccc(OC)c(OC)c2)C(C(=O)OCC)=C(C)N=3)cc1OC. The summed E-state index contributed by atoms with van der Waals surface area (Å²) in [5.41, 5.74) is 1.87. The lowest BCUT2D eigenvalue weighted by Gasteiger charge is -2.25. The van der Waals surface area contributed by atoms with Gasteiger partial charge in [-0.05, 0) is 55.3 Å². The normalized spacial score (nSPS) is 14.8. The monoisotopic (exact) mass is 550 g/mol. The Kier molecular flexibility index (Phi) is 8.55. The molecule has 2 aromatic carbocycles. The smallest absolute Gasteiger partial charge is 0.338 e. The molecule has 3 aromatic rings. The van der Waals surface area contributed by atoms with E-state index in [0.29, 0.717) is 50.2 Å². The molecule has 39 heavy (non-hydrogen) atoms. The molecule has 0 unspecified atom stereocenters. The van der Waals surface area contributed by atoms with Crippen molar-refractivity contribution in [3.05, 3.63) is 91.1 Å². The highest BCUT2D eigenvalue weighted by molar-refractivity contribution is 7.07. The summed E-state index contributed by atoms with van der Waals surface area (Å²) in [6, 6.07) is 9.93. The fourth-order valence-corrected chi connectivity index (χ4v) is 5.37. The molecule has 9 nitrogen and oxygen atoms in total. The van der Waals surface area contributed by atoms with E-state index < -0.39 is 12.0 Å². The molecule has 0 radical (unpaired) electrons. The first kappa shape index (κ1) is 27.7. The Balaban J connectivity index is 1.90. The Morgan fingerprint density at radius 3 is 2.41 bits per heavy atom. The molecule has 10 heteroatoms. The van der Waals surface area contributed by atoms with Crippen molar-refractivity contribution >= 4 is 23.4 Å². The van der Waals surface area contributed by atoms with Crippen molar-refractivity contribution in [1.82, 2.24) is 4.57 Å². The zero-order chi connectivity index (χ0) is 28.1. The van der Waals surface area contributed by atoms with Gasteiger partial charge in [0.05, 0.1) is 49.8 Å². The number of thiazole rings is 1. The van der Waals surface area contributed by atoms with Crippen LogP contribution in [-0.4, -0.2) is 45.1 Å². The molecular formula is C29H30N2O7S. The van der Waals surface area contributed by atoms with Gasteiger partial charge >= 0.3 is 5.97 Å². The predicted octanol–water partition coefficient (Wildman–Crippen LogP) is 3.39. The van der Waals surface area contributed by atoms with Crippen molar-refractivity contribution in [2.45, 2.75) is 19.9 Å². The van der Waals surface area contributed by atoms with Gasteiger partial charge in [0, 0.05) is 0 Å². The van der Waals surface area contributed by atoms with Gasteiger partial charge in [-0.25, -0.2) is 9.79 Å². The van der Waals surface area contributed by atoms with Crippen molar-refractivity contribution in [2.75, 3.05) is 34.5 Å². The van der Waals surface area contributed by atoms with Crippen LogP contribution >= 0.6 is 11.3 Å². The summed E-state index contributed by atoms with van der Waals surface area (Å²) in [4.78, 5) is 32.1. The molecule has 2 heterocycles. The van der Waals surface area contributed by atoms with Crippen molar-refractivity contribution < 1.29 is 28.5 Å². The van der Waals surface area contributed by atoms with Gasteiger partial charge in [-0.15, -0.1) is 0 Å². The largest absolute Gasteiger partial charge is 0.493 e. The lowest BCUT2D eigenvalue weighted by molar-refractivity contribution is -0.139. The summed E-state index contributed by atoms with van der Waals surface area (Å²) >= 11 is 1.24. The number of hydrogen-bond donors (Lipinski definition) is 0. The van der Waals surface area contributed by atoms with Crippen LogP contribution in [-0.2, 0) is 9.53 Å². The number of ether oxygens (including phenoxy) is 5. The Morgan fingerprint density at radius 2 is 1.74 bits per heavy atom. The number of allylic oxidation sites excluding steroid dienone is 1. The first-order valence-electron chi connectivity index (χ1n) is 12.2. The Morgan fingerprint density at radius 1 is 1.05 bits per heavy atom. The molecule has 1 aromatic heterocycles. The molecule has 0 saturated heterocycles. The summed E-state index contributed by atoms with van der Waals surface area (Å²) in [6.45, 7) is 7.66. The lowest BCUT2D eigenvalue weighted by Crippen LogP contribution is -2.39. The molecule has 0 spiro atoms. The highest BCUT2D eigenvalue weighted by atomic mass is 32.1. The van der Waals surface area contributed by atoms with E-state index in [1.807, 2.05) is 6.07 Å². The van der Waals surface area contributed by atoms with Gasteiger partial charge < -0.3 is 23.7 Å². The number of hydrogen-bond acceptors (Lipinski definition) is 9. The number of carbonyl (C=O) groups is 1. The highest BCUT2D eigenvalue weighted by Crippen LogP contribution is 2.36. The molecule has 0 saturated carbocycles. The van der Waals surface area contributed by atoms with Gasteiger partial charge in [-0.3, -0.25) is 9.36 Å². The number of methoxy groups -OCH3 is 3. The van der Waals surface area contributed by atoms with Crippen LogP contribution in [0.4, 0.5) is 0 Å². The number of benzene rings is 2. The first-order chi connectivity index (χ1) is 18.9. The van der Waals surface area contributed by atoms with E-state index in [9.17, 15) is 9.59 Å². The molecule has 1 aliphatic heterocycles. The zero-order valence-electron chi connectivity index (χ0n) is 22.5.